The largest absolute Gasteiger partial charge is 0.487 e. The van der Waals surface area contributed by atoms with Crippen LogP contribution in [0, 0.1) is 0 Å². The maximum atomic E-state index is 6.18. The number of rotatable bonds is 6. The van der Waals surface area contributed by atoms with Crippen LogP contribution in [0.2, 0.25) is 10.0 Å². The molecule has 6 heteroatoms. The van der Waals surface area contributed by atoms with Crippen LogP contribution in [-0.2, 0) is 13.2 Å². The quantitative estimate of drug-likeness (QED) is 0.363. The van der Waals surface area contributed by atoms with Crippen molar-refractivity contribution in [3.05, 3.63) is 90.8 Å². The number of anilines is 1. The van der Waals surface area contributed by atoms with Crippen molar-refractivity contribution in [2.75, 3.05) is 5.32 Å². The number of nitrogens with one attached hydrogen (secondary N) is 1. The molecule has 0 heterocycles. The third-order valence-electron chi connectivity index (χ3n) is 3.71. The van der Waals surface area contributed by atoms with Gasteiger partial charge in [0.1, 0.15) is 12.4 Å². The Morgan fingerprint density at radius 3 is 2.15 bits per heavy atom. The Morgan fingerprint density at radius 1 is 0.846 bits per heavy atom. The predicted molar refractivity (Wildman–Crippen MR) is 116 cm³/mol. The molecule has 1 N–H and O–H groups in total. The molecule has 0 aliphatic heterocycles. The Morgan fingerprint density at radius 2 is 1.50 bits per heavy atom. The molecule has 0 aliphatic rings. The minimum atomic E-state index is 0.464. The van der Waals surface area contributed by atoms with Gasteiger partial charge in [-0.3, -0.25) is 0 Å². The van der Waals surface area contributed by atoms with Gasteiger partial charge in [0.25, 0.3) is 0 Å². The van der Waals surface area contributed by atoms with E-state index in [1.165, 1.54) is 0 Å². The van der Waals surface area contributed by atoms with Gasteiger partial charge in [-0.05, 0) is 79.4 Å². The zero-order valence-corrected chi connectivity index (χ0v) is 18.3. The van der Waals surface area contributed by atoms with Crippen molar-refractivity contribution >= 4 is 60.7 Å². The molecule has 26 heavy (non-hydrogen) atoms. The predicted octanol–water partition coefficient (Wildman–Crippen LogP) is 7.71. The van der Waals surface area contributed by atoms with E-state index in [9.17, 15) is 0 Å². The minimum Gasteiger partial charge on any atom is -0.487 e. The molecule has 3 aromatic rings. The molecule has 0 spiro atoms. The number of hydrogen-bond donors (Lipinski definition) is 1. The van der Waals surface area contributed by atoms with Crippen LogP contribution in [0.25, 0.3) is 0 Å². The Bertz CT molecular complexity index is 878. The molecule has 0 aromatic heterocycles. The Balaban J connectivity index is 1.67. The number of halogens is 4. The summed E-state index contributed by atoms with van der Waals surface area (Å²) in [5.74, 6) is 0.765. The number of para-hydroxylation sites is 1. The van der Waals surface area contributed by atoms with Crippen LogP contribution in [0.1, 0.15) is 11.1 Å². The Hall–Kier alpha value is -1.20. The molecule has 0 saturated heterocycles. The maximum Gasteiger partial charge on any atom is 0.148 e. The Labute approximate surface area is 179 Å². The van der Waals surface area contributed by atoms with Gasteiger partial charge in [-0.2, -0.15) is 0 Å². The standard InChI is InChI=1S/C20H15Br2Cl2NO/c21-16-9-14(11-25-19-4-2-1-3-18(19)24)10-17(22)20(16)26-12-13-5-7-15(23)8-6-13/h1-10,25H,11-12H2. The first-order valence-electron chi connectivity index (χ1n) is 7.86. The fourth-order valence-corrected chi connectivity index (χ4v) is 4.23. The zero-order valence-electron chi connectivity index (χ0n) is 13.6. The normalized spacial score (nSPS) is 10.6. The molecular weight excluding hydrogens is 501 g/mol. The summed E-state index contributed by atoms with van der Waals surface area (Å²) in [5, 5.41) is 4.76. The van der Waals surface area contributed by atoms with Crippen LogP contribution in [-0.4, -0.2) is 0 Å². The highest BCUT2D eigenvalue weighted by molar-refractivity contribution is 9.11. The van der Waals surface area contributed by atoms with Crippen molar-refractivity contribution in [3.63, 3.8) is 0 Å². The van der Waals surface area contributed by atoms with Gasteiger partial charge in [0.2, 0.25) is 0 Å². The summed E-state index contributed by atoms with van der Waals surface area (Å²) in [6.45, 7) is 1.12. The average molecular weight is 516 g/mol. The van der Waals surface area contributed by atoms with Gasteiger partial charge in [-0.25, -0.2) is 0 Å². The Kier molecular flexibility index (Phi) is 6.87. The molecule has 0 atom stereocenters. The summed E-state index contributed by atoms with van der Waals surface area (Å²) in [7, 11) is 0. The molecular formula is C20H15Br2Cl2NO. The van der Waals surface area contributed by atoms with Crippen LogP contribution < -0.4 is 10.1 Å². The minimum absolute atomic E-state index is 0.464. The molecule has 0 bridgehead atoms. The number of benzene rings is 3. The van der Waals surface area contributed by atoms with Gasteiger partial charge in [0.05, 0.1) is 19.7 Å². The summed E-state index contributed by atoms with van der Waals surface area (Å²) in [6, 6.07) is 19.4. The average Bonchev–Trinajstić information content (AvgIpc) is 2.62. The first kappa shape index (κ1) is 19.6. The second-order valence-corrected chi connectivity index (χ2v) is 8.19. The fraction of sp³-hybridized carbons (Fsp3) is 0.100. The van der Waals surface area contributed by atoms with Crippen molar-refractivity contribution in [1.82, 2.24) is 0 Å². The number of ether oxygens (including phenoxy) is 1. The molecule has 134 valence electrons. The van der Waals surface area contributed by atoms with E-state index >= 15 is 0 Å². The zero-order chi connectivity index (χ0) is 18.5. The summed E-state index contributed by atoms with van der Waals surface area (Å²) < 4.78 is 7.72. The van der Waals surface area contributed by atoms with E-state index in [4.69, 9.17) is 27.9 Å². The third-order valence-corrected chi connectivity index (χ3v) is 5.47. The first-order chi connectivity index (χ1) is 12.5. The molecule has 0 amide bonds. The summed E-state index contributed by atoms with van der Waals surface area (Å²) in [5.41, 5.74) is 3.06. The van der Waals surface area contributed by atoms with Gasteiger partial charge < -0.3 is 10.1 Å². The van der Waals surface area contributed by atoms with Crippen LogP contribution in [0.4, 0.5) is 5.69 Å². The van der Waals surface area contributed by atoms with Crippen LogP contribution >= 0.6 is 55.1 Å². The lowest BCUT2D eigenvalue weighted by molar-refractivity contribution is 0.302. The first-order valence-corrected chi connectivity index (χ1v) is 10.2. The van der Waals surface area contributed by atoms with Crippen molar-refractivity contribution in [3.8, 4) is 5.75 Å². The van der Waals surface area contributed by atoms with Gasteiger partial charge in [0, 0.05) is 11.6 Å². The molecule has 3 rings (SSSR count). The lowest BCUT2D eigenvalue weighted by Gasteiger charge is -2.14. The monoisotopic (exact) mass is 513 g/mol. The second-order valence-electron chi connectivity index (χ2n) is 5.64. The van der Waals surface area contributed by atoms with E-state index in [1.54, 1.807) is 0 Å². The van der Waals surface area contributed by atoms with E-state index in [2.05, 4.69) is 37.2 Å². The summed E-state index contributed by atoms with van der Waals surface area (Å²) >= 11 is 19.3. The van der Waals surface area contributed by atoms with Crippen molar-refractivity contribution < 1.29 is 4.74 Å². The smallest absolute Gasteiger partial charge is 0.148 e. The van der Waals surface area contributed by atoms with Crippen LogP contribution in [0.15, 0.2) is 69.6 Å². The van der Waals surface area contributed by atoms with Crippen molar-refractivity contribution in [1.29, 1.82) is 0 Å². The lowest BCUT2D eigenvalue weighted by atomic mass is 10.2. The molecule has 0 radical (unpaired) electrons. The fourth-order valence-electron chi connectivity index (χ4n) is 2.39. The second kappa shape index (κ2) is 9.14. The van der Waals surface area contributed by atoms with Crippen molar-refractivity contribution in [2.45, 2.75) is 13.2 Å². The maximum absolute atomic E-state index is 6.18. The lowest BCUT2D eigenvalue weighted by Crippen LogP contribution is -2.02. The highest BCUT2D eigenvalue weighted by Crippen LogP contribution is 2.35. The third kappa shape index (κ3) is 5.17. The highest BCUT2D eigenvalue weighted by Gasteiger charge is 2.10. The van der Waals surface area contributed by atoms with Gasteiger partial charge in [0.15, 0.2) is 0 Å². The van der Waals surface area contributed by atoms with Crippen molar-refractivity contribution in [2.24, 2.45) is 0 Å². The topological polar surface area (TPSA) is 21.3 Å². The van der Waals surface area contributed by atoms with E-state index in [1.807, 2.05) is 60.7 Å². The molecule has 0 saturated carbocycles. The van der Waals surface area contributed by atoms with E-state index in [-0.39, 0.29) is 0 Å². The molecule has 2 nitrogen and oxygen atoms in total. The highest BCUT2D eigenvalue weighted by atomic mass is 79.9. The van der Waals surface area contributed by atoms with E-state index in [0.29, 0.717) is 23.2 Å². The SMILES string of the molecule is Clc1ccc(COc2c(Br)cc(CNc3ccccc3Cl)cc2Br)cc1. The van der Waals surface area contributed by atoms with E-state index < -0.39 is 0 Å². The molecule has 0 unspecified atom stereocenters. The van der Waals surface area contributed by atoms with Gasteiger partial charge in [-0.1, -0.05) is 47.5 Å². The van der Waals surface area contributed by atoms with Gasteiger partial charge >= 0.3 is 0 Å². The summed E-state index contributed by atoms with van der Waals surface area (Å²) in [4.78, 5) is 0. The summed E-state index contributed by atoms with van der Waals surface area (Å²) in [6.07, 6.45) is 0. The van der Waals surface area contributed by atoms with E-state index in [0.717, 1.165) is 31.5 Å². The molecule has 3 aromatic carbocycles. The number of hydrogen-bond acceptors (Lipinski definition) is 2. The molecule has 0 fully saturated rings. The van der Waals surface area contributed by atoms with Crippen LogP contribution in [0.3, 0.4) is 0 Å². The van der Waals surface area contributed by atoms with Crippen LogP contribution in [0.5, 0.6) is 5.75 Å². The van der Waals surface area contributed by atoms with Gasteiger partial charge in [-0.15, -0.1) is 0 Å². The molecule has 0 aliphatic carbocycles.